The number of piperidine rings is 1. The van der Waals surface area contributed by atoms with Crippen molar-refractivity contribution < 1.29 is 9.59 Å². The Kier molecular flexibility index (Phi) is 8.98. The molecule has 1 aliphatic rings. The average Bonchev–Trinajstić information content (AvgIpc) is 2.99. The molecule has 0 bridgehead atoms. The van der Waals surface area contributed by atoms with E-state index in [0.717, 1.165) is 59.4 Å². The van der Waals surface area contributed by atoms with E-state index in [1.54, 1.807) is 0 Å². The zero-order valence-corrected chi connectivity index (χ0v) is 23.6. The number of carbonyl (C=O) groups excluding carboxylic acids is 2. The van der Waals surface area contributed by atoms with E-state index < -0.39 is 0 Å². The molecule has 4 nitrogen and oxygen atoms in total. The number of likely N-dealkylation sites (N-methyl/N-ethyl adjacent to an activating group) is 1. The molecule has 204 valence electrons. The number of hydrogen-bond donors (Lipinski definition) is 1. The highest BCUT2D eigenvalue weighted by Gasteiger charge is 2.32. The molecule has 1 N–H and O–H groups in total. The fraction of sp³-hybridized carbons (Fsp3) is 0.257. The number of ketones is 1. The Morgan fingerprint density at radius 3 is 2.17 bits per heavy atom. The molecule has 0 spiro atoms. The van der Waals surface area contributed by atoms with Crippen molar-refractivity contribution in [3.05, 3.63) is 125 Å². The van der Waals surface area contributed by atoms with Crippen LogP contribution in [-0.4, -0.2) is 31.3 Å². The van der Waals surface area contributed by atoms with Gasteiger partial charge < -0.3 is 10.2 Å². The summed E-state index contributed by atoms with van der Waals surface area (Å²) in [5, 5.41) is 3.72. The maximum absolute atomic E-state index is 13.3. The summed E-state index contributed by atoms with van der Waals surface area (Å²) >= 11 is 6.06. The molecule has 1 saturated heterocycles. The average molecular weight is 551 g/mol. The summed E-state index contributed by atoms with van der Waals surface area (Å²) in [7, 11) is 0. The van der Waals surface area contributed by atoms with Crippen molar-refractivity contribution in [1.29, 1.82) is 0 Å². The lowest BCUT2D eigenvalue weighted by Gasteiger charge is -2.37. The van der Waals surface area contributed by atoms with E-state index in [0.29, 0.717) is 23.9 Å². The predicted octanol–water partition coefficient (Wildman–Crippen LogP) is 7.57. The minimum Gasteiger partial charge on any atom is -0.372 e. The number of rotatable bonds is 9. The minimum atomic E-state index is -0.118. The summed E-state index contributed by atoms with van der Waals surface area (Å²) in [5.74, 6) is 0.408. The summed E-state index contributed by atoms with van der Waals surface area (Å²) < 4.78 is 0. The van der Waals surface area contributed by atoms with Crippen molar-refractivity contribution in [1.82, 2.24) is 5.32 Å². The van der Waals surface area contributed by atoms with Crippen molar-refractivity contribution in [2.24, 2.45) is 5.92 Å². The smallest absolute Gasteiger partial charge is 0.227 e. The Morgan fingerprint density at radius 1 is 0.850 bits per heavy atom. The second kappa shape index (κ2) is 13.0. The van der Waals surface area contributed by atoms with Crippen LogP contribution in [0.2, 0.25) is 5.02 Å². The standard InChI is InChI=1S/C35H35ClN2O2/c1-2-37-35(40)34(27-8-4-3-5-9-27)28-20-22-38(23-21-28)30-18-12-25(13-19-30)24-33(39)32-11-7-6-10-31(32)26-14-16-29(36)17-15-26/h3-19,28,34H,2,20-24H2,1H3,(H,37,40). The fourth-order valence-electron chi connectivity index (χ4n) is 5.79. The maximum atomic E-state index is 13.3. The van der Waals surface area contributed by atoms with Gasteiger partial charge in [-0.15, -0.1) is 0 Å². The van der Waals surface area contributed by atoms with Crippen LogP contribution in [0, 0.1) is 5.92 Å². The van der Waals surface area contributed by atoms with E-state index in [4.69, 9.17) is 11.6 Å². The van der Waals surface area contributed by atoms with Gasteiger partial charge in [0.2, 0.25) is 5.91 Å². The molecule has 5 rings (SSSR count). The zero-order chi connectivity index (χ0) is 27.9. The van der Waals surface area contributed by atoms with Crippen LogP contribution in [-0.2, 0) is 11.2 Å². The summed E-state index contributed by atoms with van der Waals surface area (Å²) in [4.78, 5) is 28.7. The second-order valence-electron chi connectivity index (χ2n) is 10.4. The molecule has 1 fully saturated rings. The number of carbonyl (C=O) groups is 2. The van der Waals surface area contributed by atoms with Crippen molar-refractivity contribution in [2.45, 2.75) is 32.1 Å². The molecule has 0 radical (unpaired) electrons. The molecule has 1 heterocycles. The van der Waals surface area contributed by atoms with Crippen LogP contribution in [0.15, 0.2) is 103 Å². The second-order valence-corrected chi connectivity index (χ2v) is 10.9. The number of halogens is 1. The molecule has 0 aromatic heterocycles. The Morgan fingerprint density at radius 2 is 1.50 bits per heavy atom. The number of benzene rings is 4. The van der Waals surface area contributed by atoms with Gasteiger partial charge in [-0.2, -0.15) is 0 Å². The number of hydrogen-bond acceptors (Lipinski definition) is 3. The fourth-order valence-corrected chi connectivity index (χ4v) is 5.91. The van der Waals surface area contributed by atoms with Gasteiger partial charge in [-0.1, -0.05) is 90.5 Å². The highest BCUT2D eigenvalue weighted by atomic mass is 35.5. The van der Waals surface area contributed by atoms with Crippen LogP contribution in [0.5, 0.6) is 0 Å². The van der Waals surface area contributed by atoms with Gasteiger partial charge in [-0.3, -0.25) is 9.59 Å². The van der Waals surface area contributed by atoms with Crippen LogP contribution in [0.1, 0.15) is 47.2 Å². The molecule has 1 aliphatic heterocycles. The summed E-state index contributed by atoms with van der Waals surface area (Å²) in [5.41, 5.74) is 5.87. The lowest BCUT2D eigenvalue weighted by molar-refractivity contribution is -0.123. The third kappa shape index (κ3) is 6.46. The van der Waals surface area contributed by atoms with Crippen LogP contribution in [0.3, 0.4) is 0 Å². The molecule has 4 aromatic carbocycles. The van der Waals surface area contributed by atoms with E-state index in [-0.39, 0.29) is 17.6 Å². The van der Waals surface area contributed by atoms with Crippen molar-refractivity contribution in [2.75, 3.05) is 24.5 Å². The molecule has 5 heteroatoms. The van der Waals surface area contributed by atoms with Gasteiger partial charge in [0.25, 0.3) is 0 Å². The van der Waals surface area contributed by atoms with Gasteiger partial charge in [-0.05, 0) is 72.2 Å². The van der Waals surface area contributed by atoms with Gasteiger partial charge in [0.15, 0.2) is 5.78 Å². The quantitative estimate of drug-likeness (QED) is 0.219. The number of nitrogens with zero attached hydrogens (tertiary/aromatic N) is 1. The van der Waals surface area contributed by atoms with Crippen LogP contribution in [0.4, 0.5) is 5.69 Å². The number of nitrogens with one attached hydrogen (secondary N) is 1. The Bertz CT molecular complexity index is 1430. The first kappa shape index (κ1) is 27.7. The van der Waals surface area contributed by atoms with E-state index in [2.05, 4.69) is 46.6 Å². The monoisotopic (exact) mass is 550 g/mol. The van der Waals surface area contributed by atoms with Crippen molar-refractivity contribution >= 4 is 29.0 Å². The van der Waals surface area contributed by atoms with Gasteiger partial charge in [-0.25, -0.2) is 0 Å². The van der Waals surface area contributed by atoms with Gasteiger partial charge in [0.1, 0.15) is 0 Å². The molecule has 40 heavy (non-hydrogen) atoms. The summed E-state index contributed by atoms with van der Waals surface area (Å²) in [6, 6.07) is 33.9. The van der Waals surface area contributed by atoms with E-state index >= 15 is 0 Å². The van der Waals surface area contributed by atoms with E-state index in [9.17, 15) is 9.59 Å². The lowest BCUT2D eigenvalue weighted by atomic mass is 9.79. The van der Waals surface area contributed by atoms with Gasteiger partial charge >= 0.3 is 0 Å². The molecule has 0 saturated carbocycles. The predicted molar refractivity (Wildman–Crippen MR) is 164 cm³/mol. The first-order chi connectivity index (χ1) is 19.5. The normalized spacial score (nSPS) is 14.5. The van der Waals surface area contributed by atoms with Gasteiger partial charge in [0, 0.05) is 42.3 Å². The first-order valence-electron chi connectivity index (χ1n) is 14.1. The van der Waals surface area contributed by atoms with Crippen LogP contribution in [0.25, 0.3) is 11.1 Å². The van der Waals surface area contributed by atoms with Crippen LogP contribution < -0.4 is 10.2 Å². The number of amides is 1. The summed E-state index contributed by atoms with van der Waals surface area (Å²) in [6.45, 7) is 4.42. The van der Waals surface area contributed by atoms with Crippen molar-refractivity contribution in [3.63, 3.8) is 0 Å². The topological polar surface area (TPSA) is 49.4 Å². The highest BCUT2D eigenvalue weighted by Crippen LogP contribution is 2.35. The maximum Gasteiger partial charge on any atom is 0.227 e. The highest BCUT2D eigenvalue weighted by molar-refractivity contribution is 6.30. The Labute approximate surface area is 242 Å². The Hall–Kier alpha value is -3.89. The third-order valence-corrected chi connectivity index (χ3v) is 8.10. The van der Waals surface area contributed by atoms with E-state index in [1.807, 2.05) is 73.7 Å². The molecule has 1 amide bonds. The molecule has 1 atom stereocenters. The molecule has 0 aliphatic carbocycles. The number of Topliss-reactive ketones (excluding diaryl/α,β-unsaturated/α-hetero) is 1. The molecular formula is C35H35ClN2O2. The third-order valence-electron chi connectivity index (χ3n) is 7.85. The Balaban J connectivity index is 1.23. The number of anilines is 1. The lowest BCUT2D eigenvalue weighted by Crippen LogP contribution is -2.40. The summed E-state index contributed by atoms with van der Waals surface area (Å²) in [6.07, 6.45) is 2.26. The molecule has 4 aromatic rings. The van der Waals surface area contributed by atoms with Gasteiger partial charge in [0.05, 0.1) is 5.92 Å². The van der Waals surface area contributed by atoms with Crippen LogP contribution >= 0.6 is 11.6 Å². The first-order valence-corrected chi connectivity index (χ1v) is 14.5. The SMILES string of the molecule is CCNC(=O)C(c1ccccc1)C1CCN(c2ccc(CC(=O)c3ccccc3-c3ccc(Cl)cc3)cc2)CC1. The largest absolute Gasteiger partial charge is 0.372 e. The minimum absolute atomic E-state index is 0.0939. The molecular weight excluding hydrogens is 516 g/mol. The van der Waals surface area contributed by atoms with Crippen molar-refractivity contribution in [3.8, 4) is 11.1 Å². The zero-order valence-electron chi connectivity index (χ0n) is 22.9. The van der Waals surface area contributed by atoms with E-state index in [1.165, 1.54) is 0 Å². The molecule has 1 unspecified atom stereocenters.